The second kappa shape index (κ2) is 6.37. The molecule has 0 aromatic carbocycles. The maximum absolute atomic E-state index is 10.5. The van der Waals surface area contributed by atoms with Crippen LogP contribution in [0.25, 0.3) is 0 Å². The highest BCUT2D eigenvalue weighted by atomic mass is 35.5. The van der Waals surface area contributed by atoms with Crippen LogP contribution in [0.5, 0.6) is 0 Å². The fraction of sp³-hybridized carbons (Fsp3) is 0.667. The smallest absolute Gasteiger partial charge is 0.234 e. The Morgan fingerprint density at radius 3 is 2.90 bits per heavy atom. The molecule has 0 bridgehead atoms. The van der Waals surface area contributed by atoms with Gasteiger partial charge < -0.3 is 5.32 Å². The summed E-state index contributed by atoms with van der Waals surface area (Å²) in [5.41, 5.74) is 0. The summed E-state index contributed by atoms with van der Waals surface area (Å²) in [6, 6.07) is 1.75. The molecular weight excluding hydrogens is 152 g/mol. The Kier molecular flexibility index (Phi) is 5.89. The molecule has 3 nitrogen and oxygen atoms in total. The van der Waals surface area contributed by atoms with Gasteiger partial charge in [-0.25, -0.2) is 0 Å². The van der Waals surface area contributed by atoms with Crippen molar-refractivity contribution in [3.8, 4) is 6.07 Å². The SMILES string of the molecule is N#CCC(=O)NCCCCl. The van der Waals surface area contributed by atoms with Crippen molar-refractivity contribution in [3.63, 3.8) is 0 Å². The van der Waals surface area contributed by atoms with E-state index in [0.717, 1.165) is 6.42 Å². The summed E-state index contributed by atoms with van der Waals surface area (Å²) in [5.74, 6) is 0.305. The average Bonchev–Trinajstić information content (AvgIpc) is 1.89. The molecule has 0 spiro atoms. The van der Waals surface area contributed by atoms with Crippen molar-refractivity contribution in [1.82, 2.24) is 5.32 Å². The zero-order valence-corrected chi connectivity index (χ0v) is 6.32. The predicted octanol–water partition coefficient (Wildman–Crippen LogP) is 0.645. The van der Waals surface area contributed by atoms with Crippen LogP contribution < -0.4 is 5.32 Å². The largest absolute Gasteiger partial charge is 0.355 e. The van der Waals surface area contributed by atoms with Gasteiger partial charge in [-0.1, -0.05) is 0 Å². The fourth-order valence-electron chi connectivity index (χ4n) is 0.429. The molecule has 0 atom stereocenters. The number of nitriles is 1. The van der Waals surface area contributed by atoms with Gasteiger partial charge in [0.05, 0.1) is 6.07 Å². The Morgan fingerprint density at radius 1 is 1.70 bits per heavy atom. The minimum Gasteiger partial charge on any atom is -0.355 e. The number of amides is 1. The number of hydrogen-bond acceptors (Lipinski definition) is 2. The van der Waals surface area contributed by atoms with Crippen LogP contribution in [-0.4, -0.2) is 18.3 Å². The summed E-state index contributed by atoms with van der Waals surface area (Å²) >= 11 is 5.35. The van der Waals surface area contributed by atoms with E-state index in [1.165, 1.54) is 0 Å². The molecule has 0 unspecified atom stereocenters. The molecule has 56 valence electrons. The van der Waals surface area contributed by atoms with E-state index in [1.807, 2.05) is 0 Å². The first-order valence-electron chi connectivity index (χ1n) is 3.01. The van der Waals surface area contributed by atoms with Crippen LogP contribution in [0.1, 0.15) is 12.8 Å². The van der Waals surface area contributed by atoms with E-state index >= 15 is 0 Å². The van der Waals surface area contributed by atoms with Crippen molar-refractivity contribution < 1.29 is 4.79 Å². The Labute approximate surface area is 65.0 Å². The number of alkyl halides is 1. The lowest BCUT2D eigenvalue weighted by molar-refractivity contribution is -0.120. The lowest BCUT2D eigenvalue weighted by Crippen LogP contribution is -2.23. The molecule has 0 heterocycles. The van der Waals surface area contributed by atoms with Crippen molar-refractivity contribution in [2.45, 2.75) is 12.8 Å². The minimum atomic E-state index is -0.229. The topological polar surface area (TPSA) is 52.9 Å². The van der Waals surface area contributed by atoms with Crippen LogP contribution in [0, 0.1) is 11.3 Å². The first kappa shape index (κ1) is 9.25. The monoisotopic (exact) mass is 160 g/mol. The van der Waals surface area contributed by atoms with Gasteiger partial charge in [-0.15, -0.1) is 11.6 Å². The summed E-state index contributed by atoms with van der Waals surface area (Å²) in [6.45, 7) is 0.560. The highest BCUT2D eigenvalue weighted by Crippen LogP contribution is 1.82. The van der Waals surface area contributed by atoms with E-state index in [4.69, 9.17) is 16.9 Å². The number of rotatable bonds is 4. The predicted molar refractivity (Wildman–Crippen MR) is 38.6 cm³/mol. The molecule has 0 aliphatic rings. The van der Waals surface area contributed by atoms with Crippen LogP contribution in [0.3, 0.4) is 0 Å². The lowest BCUT2D eigenvalue weighted by Gasteiger charge is -1.97. The van der Waals surface area contributed by atoms with Gasteiger partial charge in [0.15, 0.2) is 0 Å². The van der Waals surface area contributed by atoms with Crippen molar-refractivity contribution in [3.05, 3.63) is 0 Å². The number of nitrogens with one attached hydrogen (secondary N) is 1. The molecule has 1 amide bonds. The standard InChI is InChI=1S/C6H9ClN2O/c7-3-1-5-9-6(10)2-4-8/h1-3,5H2,(H,9,10). The average molecular weight is 161 g/mol. The zero-order valence-electron chi connectivity index (χ0n) is 5.56. The van der Waals surface area contributed by atoms with Gasteiger partial charge in [-0.05, 0) is 6.42 Å². The van der Waals surface area contributed by atoms with E-state index in [-0.39, 0.29) is 12.3 Å². The maximum atomic E-state index is 10.5. The third-order valence-corrected chi connectivity index (χ3v) is 1.14. The highest BCUT2D eigenvalue weighted by Gasteiger charge is 1.96. The van der Waals surface area contributed by atoms with Crippen LogP contribution in [0.15, 0.2) is 0 Å². The molecule has 0 aliphatic carbocycles. The molecular formula is C6H9ClN2O. The number of carbonyl (C=O) groups excluding carboxylic acids is 1. The summed E-state index contributed by atoms with van der Waals surface area (Å²) in [5, 5.41) is 10.6. The van der Waals surface area contributed by atoms with Crippen LogP contribution >= 0.6 is 11.6 Å². The molecule has 0 radical (unpaired) electrons. The van der Waals surface area contributed by atoms with Crippen molar-refractivity contribution in [2.75, 3.05) is 12.4 Å². The fourth-order valence-corrected chi connectivity index (χ4v) is 0.563. The molecule has 0 fully saturated rings. The van der Waals surface area contributed by atoms with Gasteiger partial charge in [0.1, 0.15) is 6.42 Å². The third kappa shape index (κ3) is 5.39. The van der Waals surface area contributed by atoms with Gasteiger partial charge in [0.25, 0.3) is 0 Å². The molecule has 10 heavy (non-hydrogen) atoms. The second-order valence-electron chi connectivity index (χ2n) is 1.73. The Hall–Kier alpha value is -0.750. The van der Waals surface area contributed by atoms with Gasteiger partial charge in [-0.2, -0.15) is 5.26 Å². The normalized spacial score (nSPS) is 8.40. The van der Waals surface area contributed by atoms with E-state index in [1.54, 1.807) is 6.07 Å². The van der Waals surface area contributed by atoms with Crippen molar-refractivity contribution in [2.24, 2.45) is 0 Å². The Balaban J connectivity index is 3.15. The Bertz CT molecular complexity index is 141. The summed E-state index contributed by atoms with van der Waals surface area (Å²) in [4.78, 5) is 10.5. The maximum Gasteiger partial charge on any atom is 0.234 e. The number of nitrogens with zero attached hydrogens (tertiary/aromatic N) is 1. The molecule has 4 heteroatoms. The minimum absolute atomic E-state index is 0.0672. The van der Waals surface area contributed by atoms with Gasteiger partial charge >= 0.3 is 0 Å². The second-order valence-corrected chi connectivity index (χ2v) is 2.11. The quantitative estimate of drug-likeness (QED) is 0.485. The molecule has 0 aliphatic heterocycles. The van der Waals surface area contributed by atoms with Crippen molar-refractivity contribution >= 4 is 17.5 Å². The summed E-state index contributed by atoms with van der Waals surface area (Å²) < 4.78 is 0. The van der Waals surface area contributed by atoms with Gasteiger partial charge in [0, 0.05) is 12.4 Å². The number of halogens is 1. The Morgan fingerprint density at radius 2 is 2.40 bits per heavy atom. The van der Waals surface area contributed by atoms with Gasteiger partial charge in [-0.3, -0.25) is 4.79 Å². The summed E-state index contributed by atoms with van der Waals surface area (Å²) in [6.07, 6.45) is 0.682. The van der Waals surface area contributed by atoms with Crippen molar-refractivity contribution in [1.29, 1.82) is 5.26 Å². The van der Waals surface area contributed by atoms with E-state index in [0.29, 0.717) is 12.4 Å². The van der Waals surface area contributed by atoms with Gasteiger partial charge in [0.2, 0.25) is 5.91 Å². The van der Waals surface area contributed by atoms with Crippen LogP contribution in [0.2, 0.25) is 0 Å². The molecule has 0 aromatic heterocycles. The lowest BCUT2D eigenvalue weighted by atomic mass is 10.4. The number of carbonyl (C=O) groups is 1. The molecule has 0 rings (SSSR count). The molecule has 0 saturated carbocycles. The molecule has 0 saturated heterocycles. The highest BCUT2D eigenvalue weighted by molar-refractivity contribution is 6.17. The first-order valence-corrected chi connectivity index (χ1v) is 3.54. The third-order valence-electron chi connectivity index (χ3n) is 0.872. The van der Waals surface area contributed by atoms with Crippen LogP contribution in [-0.2, 0) is 4.79 Å². The molecule has 1 N–H and O–H groups in total. The van der Waals surface area contributed by atoms with E-state index < -0.39 is 0 Å². The number of hydrogen-bond donors (Lipinski definition) is 1. The molecule has 0 aromatic rings. The van der Waals surface area contributed by atoms with E-state index in [2.05, 4.69) is 5.32 Å². The zero-order chi connectivity index (χ0) is 7.82. The van der Waals surface area contributed by atoms with E-state index in [9.17, 15) is 4.79 Å². The first-order chi connectivity index (χ1) is 4.81. The van der Waals surface area contributed by atoms with Crippen LogP contribution in [0.4, 0.5) is 0 Å². The summed E-state index contributed by atoms with van der Waals surface area (Å²) in [7, 11) is 0.